The summed E-state index contributed by atoms with van der Waals surface area (Å²) in [5, 5.41) is 3.10. The lowest BCUT2D eigenvalue weighted by Crippen LogP contribution is -2.44. The Balaban J connectivity index is 1.90. The van der Waals surface area contributed by atoms with Crippen LogP contribution in [-0.2, 0) is 11.3 Å². The van der Waals surface area contributed by atoms with E-state index in [4.69, 9.17) is 0 Å². The number of benzene rings is 1. The van der Waals surface area contributed by atoms with Gasteiger partial charge in [-0.05, 0) is 43.4 Å². The van der Waals surface area contributed by atoms with Gasteiger partial charge in [0.1, 0.15) is 0 Å². The van der Waals surface area contributed by atoms with Gasteiger partial charge in [-0.15, -0.1) is 0 Å². The first-order chi connectivity index (χ1) is 9.58. The summed E-state index contributed by atoms with van der Waals surface area (Å²) in [6.45, 7) is 9.21. The minimum absolute atomic E-state index is 0.0708. The first kappa shape index (κ1) is 15.0. The molecule has 3 nitrogen and oxygen atoms in total. The van der Waals surface area contributed by atoms with E-state index in [1.807, 2.05) is 12.1 Å². The van der Waals surface area contributed by atoms with Gasteiger partial charge >= 0.3 is 0 Å². The molecule has 1 N–H and O–H groups in total. The molecule has 1 aromatic carbocycles. The van der Waals surface area contributed by atoms with Gasteiger partial charge in [0, 0.05) is 13.1 Å². The Morgan fingerprint density at radius 2 is 2.15 bits per heavy atom. The molecule has 1 amide bonds. The zero-order chi connectivity index (χ0) is 14.5. The normalized spacial score (nSPS) is 19.5. The van der Waals surface area contributed by atoms with Gasteiger partial charge in [0.25, 0.3) is 0 Å². The van der Waals surface area contributed by atoms with Gasteiger partial charge in [0.15, 0.2) is 0 Å². The quantitative estimate of drug-likeness (QED) is 0.895. The largest absolute Gasteiger partial charge is 0.351 e. The number of carbonyl (C=O) groups is 1. The smallest absolute Gasteiger partial charge is 0.237 e. The minimum atomic E-state index is 0.0708. The van der Waals surface area contributed by atoms with Crippen molar-refractivity contribution >= 4 is 5.91 Å². The Hall–Kier alpha value is -1.35. The van der Waals surface area contributed by atoms with E-state index in [0.717, 1.165) is 25.9 Å². The number of hydrogen-bond acceptors (Lipinski definition) is 2. The van der Waals surface area contributed by atoms with E-state index >= 15 is 0 Å². The van der Waals surface area contributed by atoms with Crippen LogP contribution >= 0.6 is 0 Å². The van der Waals surface area contributed by atoms with Crippen LogP contribution in [0, 0.1) is 12.8 Å². The van der Waals surface area contributed by atoms with Crippen molar-refractivity contribution in [3.05, 3.63) is 35.4 Å². The van der Waals surface area contributed by atoms with E-state index in [9.17, 15) is 4.79 Å². The maximum Gasteiger partial charge on any atom is 0.237 e. The molecule has 2 rings (SSSR count). The Kier molecular flexibility index (Phi) is 5.18. The van der Waals surface area contributed by atoms with Gasteiger partial charge < -0.3 is 5.32 Å². The summed E-state index contributed by atoms with van der Waals surface area (Å²) in [6, 6.07) is 8.29. The molecule has 0 spiro atoms. The van der Waals surface area contributed by atoms with Crippen molar-refractivity contribution in [2.45, 2.75) is 46.2 Å². The zero-order valence-corrected chi connectivity index (χ0v) is 12.9. The van der Waals surface area contributed by atoms with Gasteiger partial charge in [0.05, 0.1) is 6.04 Å². The first-order valence-corrected chi connectivity index (χ1v) is 7.64. The number of amides is 1. The molecule has 3 heteroatoms. The third-order valence-corrected chi connectivity index (χ3v) is 3.98. The third-order valence-electron chi connectivity index (χ3n) is 3.98. The highest BCUT2D eigenvalue weighted by Gasteiger charge is 2.30. The van der Waals surface area contributed by atoms with Crippen LogP contribution in [-0.4, -0.2) is 29.9 Å². The predicted octanol–water partition coefficient (Wildman–Crippen LogP) is 2.73. The maximum atomic E-state index is 12.4. The highest BCUT2D eigenvalue weighted by molar-refractivity contribution is 5.82. The fraction of sp³-hybridized carbons (Fsp3) is 0.588. The van der Waals surface area contributed by atoms with E-state index in [0.29, 0.717) is 12.5 Å². The van der Waals surface area contributed by atoms with Crippen LogP contribution in [0.1, 0.15) is 37.8 Å². The predicted molar refractivity (Wildman–Crippen MR) is 82.5 cm³/mol. The molecule has 110 valence electrons. The Morgan fingerprint density at radius 3 is 2.85 bits per heavy atom. The first-order valence-electron chi connectivity index (χ1n) is 7.64. The Morgan fingerprint density at radius 1 is 1.40 bits per heavy atom. The van der Waals surface area contributed by atoms with Crippen LogP contribution < -0.4 is 5.32 Å². The molecule has 0 radical (unpaired) electrons. The van der Waals surface area contributed by atoms with Crippen LogP contribution in [0.2, 0.25) is 0 Å². The molecular weight excluding hydrogens is 248 g/mol. The van der Waals surface area contributed by atoms with Crippen molar-refractivity contribution in [1.82, 2.24) is 10.2 Å². The second kappa shape index (κ2) is 6.89. The molecule has 1 atom stereocenters. The molecule has 1 fully saturated rings. The van der Waals surface area contributed by atoms with Crippen LogP contribution in [0.25, 0.3) is 0 Å². The Labute approximate surface area is 122 Å². The number of nitrogens with one attached hydrogen (secondary N) is 1. The summed E-state index contributed by atoms with van der Waals surface area (Å²) in [4.78, 5) is 14.7. The van der Waals surface area contributed by atoms with E-state index in [1.54, 1.807) is 0 Å². The number of rotatable bonds is 5. The molecule has 0 aromatic heterocycles. The van der Waals surface area contributed by atoms with Gasteiger partial charge in [-0.25, -0.2) is 0 Å². The SMILES string of the molecule is Cc1ccccc1CNC(=O)[C@H]1CCCN1CC(C)C. The van der Waals surface area contributed by atoms with Gasteiger partial charge in [-0.3, -0.25) is 9.69 Å². The second-order valence-electron chi connectivity index (χ2n) is 6.19. The molecule has 0 unspecified atom stereocenters. The van der Waals surface area contributed by atoms with Crippen LogP contribution in [0.4, 0.5) is 0 Å². The molecule has 1 aliphatic heterocycles. The monoisotopic (exact) mass is 274 g/mol. The molecule has 0 saturated carbocycles. The van der Waals surface area contributed by atoms with Crippen molar-refractivity contribution in [2.75, 3.05) is 13.1 Å². The van der Waals surface area contributed by atoms with E-state index < -0.39 is 0 Å². The molecule has 1 aliphatic rings. The average molecular weight is 274 g/mol. The molecule has 20 heavy (non-hydrogen) atoms. The second-order valence-corrected chi connectivity index (χ2v) is 6.19. The lowest BCUT2D eigenvalue weighted by atomic mass is 10.1. The van der Waals surface area contributed by atoms with Crippen molar-refractivity contribution in [1.29, 1.82) is 0 Å². The number of hydrogen-bond donors (Lipinski definition) is 1. The van der Waals surface area contributed by atoms with Gasteiger partial charge in [0.2, 0.25) is 5.91 Å². The van der Waals surface area contributed by atoms with E-state index in [1.165, 1.54) is 11.1 Å². The third kappa shape index (κ3) is 3.83. The van der Waals surface area contributed by atoms with Crippen molar-refractivity contribution in [2.24, 2.45) is 5.92 Å². The van der Waals surface area contributed by atoms with Crippen LogP contribution in [0.3, 0.4) is 0 Å². The molecule has 0 aliphatic carbocycles. The lowest BCUT2D eigenvalue weighted by molar-refractivity contribution is -0.125. The number of carbonyl (C=O) groups excluding carboxylic acids is 1. The summed E-state index contributed by atoms with van der Waals surface area (Å²) in [5.41, 5.74) is 2.44. The maximum absolute atomic E-state index is 12.4. The standard InChI is InChI=1S/C17H26N2O/c1-13(2)12-19-10-6-9-16(19)17(20)18-11-15-8-5-4-7-14(15)3/h4-5,7-8,13,16H,6,9-12H2,1-3H3,(H,18,20)/t16-/m1/s1. The molecule has 0 bridgehead atoms. The summed E-state index contributed by atoms with van der Waals surface area (Å²) < 4.78 is 0. The number of nitrogens with zero attached hydrogens (tertiary/aromatic N) is 1. The van der Waals surface area contributed by atoms with Gasteiger partial charge in [-0.1, -0.05) is 38.1 Å². The summed E-state index contributed by atoms with van der Waals surface area (Å²) in [5.74, 6) is 0.797. The lowest BCUT2D eigenvalue weighted by Gasteiger charge is -2.25. The van der Waals surface area contributed by atoms with Crippen molar-refractivity contribution in [3.63, 3.8) is 0 Å². The Bertz CT molecular complexity index is 456. The zero-order valence-electron chi connectivity index (χ0n) is 12.9. The molecule has 1 aromatic rings. The highest BCUT2D eigenvalue weighted by atomic mass is 16.2. The van der Waals surface area contributed by atoms with Crippen molar-refractivity contribution in [3.8, 4) is 0 Å². The average Bonchev–Trinajstić information content (AvgIpc) is 2.85. The summed E-state index contributed by atoms with van der Waals surface area (Å²) in [6.07, 6.45) is 2.13. The molecule has 1 saturated heterocycles. The summed E-state index contributed by atoms with van der Waals surface area (Å²) in [7, 11) is 0. The molecular formula is C17H26N2O. The van der Waals surface area contributed by atoms with Gasteiger partial charge in [-0.2, -0.15) is 0 Å². The fourth-order valence-corrected chi connectivity index (χ4v) is 2.92. The minimum Gasteiger partial charge on any atom is -0.351 e. The van der Waals surface area contributed by atoms with Crippen molar-refractivity contribution < 1.29 is 4.79 Å². The number of aryl methyl sites for hydroxylation is 1. The van der Waals surface area contributed by atoms with E-state index in [2.05, 4.69) is 43.1 Å². The van der Waals surface area contributed by atoms with Crippen LogP contribution in [0.15, 0.2) is 24.3 Å². The van der Waals surface area contributed by atoms with E-state index in [-0.39, 0.29) is 11.9 Å². The number of likely N-dealkylation sites (tertiary alicyclic amines) is 1. The topological polar surface area (TPSA) is 32.3 Å². The molecule has 1 heterocycles. The fourth-order valence-electron chi connectivity index (χ4n) is 2.92. The van der Waals surface area contributed by atoms with Crippen LogP contribution in [0.5, 0.6) is 0 Å². The highest BCUT2D eigenvalue weighted by Crippen LogP contribution is 2.19. The summed E-state index contributed by atoms with van der Waals surface area (Å²) >= 11 is 0.